The van der Waals surface area contributed by atoms with Crippen LogP contribution in [0.2, 0.25) is 0 Å². The van der Waals surface area contributed by atoms with Gasteiger partial charge in [-0.1, -0.05) is 37.3 Å². The van der Waals surface area contributed by atoms with E-state index in [1.165, 1.54) is 6.07 Å². The number of fused-ring (bicyclic) bond motifs is 1. The lowest BCUT2D eigenvalue weighted by Crippen LogP contribution is -2.41. The zero-order chi connectivity index (χ0) is 19.6. The molecule has 138 valence electrons. The van der Waals surface area contributed by atoms with Crippen LogP contribution in [0.4, 0.5) is 5.69 Å². The zero-order valence-corrected chi connectivity index (χ0v) is 14.5. The molecule has 2 aromatic carbocycles. The van der Waals surface area contributed by atoms with Crippen LogP contribution < -0.4 is 5.32 Å². The minimum absolute atomic E-state index is 0.0559. The quantitative estimate of drug-likeness (QED) is 0.478. The van der Waals surface area contributed by atoms with Crippen LogP contribution >= 0.6 is 0 Å². The number of hydrogen-bond donors (Lipinski definition) is 1. The molecule has 0 bridgehead atoms. The summed E-state index contributed by atoms with van der Waals surface area (Å²) in [6.45, 7) is 1.88. The van der Waals surface area contributed by atoms with E-state index in [1.54, 1.807) is 0 Å². The third-order valence-corrected chi connectivity index (χ3v) is 4.44. The van der Waals surface area contributed by atoms with Crippen LogP contribution in [0.1, 0.15) is 39.1 Å². The van der Waals surface area contributed by atoms with Crippen molar-refractivity contribution in [1.29, 1.82) is 0 Å². The standard InChI is InChI=1S/C19H17N3O5/c1-12(13-5-3-2-4-6-13)10-20-17(23)11-21-18(24)15-8-7-14(22(26)27)9-16(15)19(21)25/h2-9,12H,10-11H2,1H3,(H,20,23)/t12-/m1/s1. The number of nitro benzene ring substituents is 1. The Balaban J connectivity index is 1.64. The minimum atomic E-state index is -0.704. The SMILES string of the molecule is C[C@H](CNC(=O)CN1C(=O)c2ccc([N+](=O)[O-])cc2C1=O)c1ccccc1. The second kappa shape index (κ2) is 7.36. The summed E-state index contributed by atoms with van der Waals surface area (Å²) in [5.41, 5.74) is 0.791. The number of imide groups is 1. The largest absolute Gasteiger partial charge is 0.354 e. The molecule has 0 spiro atoms. The maximum absolute atomic E-state index is 12.4. The van der Waals surface area contributed by atoms with Gasteiger partial charge in [-0.2, -0.15) is 0 Å². The molecule has 2 aromatic rings. The minimum Gasteiger partial charge on any atom is -0.354 e. The Bertz CT molecular complexity index is 926. The average molecular weight is 367 g/mol. The molecule has 0 aromatic heterocycles. The Morgan fingerprint density at radius 1 is 1.11 bits per heavy atom. The molecule has 27 heavy (non-hydrogen) atoms. The van der Waals surface area contributed by atoms with Gasteiger partial charge >= 0.3 is 0 Å². The third kappa shape index (κ3) is 3.69. The Morgan fingerprint density at radius 2 is 1.78 bits per heavy atom. The summed E-state index contributed by atoms with van der Waals surface area (Å²) in [5, 5.41) is 13.6. The van der Waals surface area contributed by atoms with Gasteiger partial charge in [0.15, 0.2) is 0 Å². The lowest BCUT2D eigenvalue weighted by atomic mass is 10.0. The Morgan fingerprint density at radius 3 is 2.44 bits per heavy atom. The van der Waals surface area contributed by atoms with Crippen LogP contribution in [-0.2, 0) is 4.79 Å². The number of hydrogen-bond acceptors (Lipinski definition) is 5. The number of non-ortho nitro benzene ring substituents is 1. The van der Waals surface area contributed by atoms with E-state index in [9.17, 15) is 24.5 Å². The summed E-state index contributed by atoms with van der Waals surface area (Å²) in [6.07, 6.45) is 0. The molecule has 1 heterocycles. The normalized spacial score (nSPS) is 14.0. The molecule has 0 saturated carbocycles. The van der Waals surface area contributed by atoms with Crippen molar-refractivity contribution in [2.75, 3.05) is 13.1 Å². The molecule has 0 unspecified atom stereocenters. The van der Waals surface area contributed by atoms with Gasteiger partial charge in [0, 0.05) is 18.7 Å². The van der Waals surface area contributed by atoms with Crippen LogP contribution in [0.3, 0.4) is 0 Å². The lowest BCUT2D eigenvalue weighted by Gasteiger charge is -2.16. The third-order valence-electron chi connectivity index (χ3n) is 4.44. The van der Waals surface area contributed by atoms with Crippen molar-refractivity contribution in [3.63, 3.8) is 0 Å². The van der Waals surface area contributed by atoms with Crippen LogP contribution in [0.25, 0.3) is 0 Å². The summed E-state index contributed by atoms with van der Waals surface area (Å²) in [7, 11) is 0. The van der Waals surface area contributed by atoms with Gasteiger partial charge in [-0.25, -0.2) is 0 Å². The highest BCUT2D eigenvalue weighted by Gasteiger charge is 2.37. The predicted molar refractivity (Wildman–Crippen MR) is 96.3 cm³/mol. The van der Waals surface area contributed by atoms with Crippen LogP contribution in [0.5, 0.6) is 0 Å². The molecule has 8 nitrogen and oxygen atoms in total. The van der Waals surface area contributed by atoms with Crippen molar-refractivity contribution in [1.82, 2.24) is 10.2 Å². The van der Waals surface area contributed by atoms with Gasteiger partial charge in [0.05, 0.1) is 16.1 Å². The highest BCUT2D eigenvalue weighted by molar-refractivity contribution is 6.22. The predicted octanol–water partition coefficient (Wildman–Crippen LogP) is 2.11. The fourth-order valence-corrected chi connectivity index (χ4v) is 2.90. The number of carbonyl (C=O) groups excluding carboxylic acids is 3. The van der Waals surface area contributed by atoms with E-state index in [2.05, 4.69) is 5.32 Å². The Labute approximate surface area is 154 Å². The van der Waals surface area contributed by atoms with Crippen molar-refractivity contribution < 1.29 is 19.3 Å². The van der Waals surface area contributed by atoms with Crippen molar-refractivity contribution in [3.8, 4) is 0 Å². The number of carbonyl (C=O) groups is 3. The van der Waals surface area contributed by atoms with Crippen LogP contribution in [0.15, 0.2) is 48.5 Å². The number of amides is 3. The topological polar surface area (TPSA) is 110 Å². The summed E-state index contributed by atoms with van der Waals surface area (Å²) >= 11 is 0. The van der Waals surface area contributed by atoms with E-state index in [1.807, 2.05) is 37.3 Å². The van der Waals surface area contributed by atoms with Gasteiger partial charge in [0.1, 0.15) is 6.54 Å². The van der Waals surface area contributed by atoms with E-state index in [0.717, 1.165) is 22.6 Å². The second-order valence-electron chi connectivity index (χ2n) is 6.30. The Hall–Kier alpha value is -3.55. The highest BCUT2D eigenvalue weighted by atomic mass is 16.6. The van der Waals surface area contributed by atoms with Gasteiger partial charge in [-0.15, -0.1) is 0 Å². The molecule has 3 rings (SSSR count). The highest BCUT2D eigenvalue weighted by Crippen LogP contribution is 2.26. The van der Waals surface area contributed by atoms with E-state index in [4.69, 9.17) is 0 Å². The summed E-state index contributed by atoms with van der Waals surface area (Å²) in [6, 6.07) is 13.1. The summed E-state index contributed by atoms with van der Waals surface area (Å²) < 4.78 is 0. The Kier molecular flexibility index (Phi) is 4.98. The molecule has 0 radical (unpaired) electrons. The molecular weight excluding hydrogens is 350 g/mol. The molecule has 1 aliphatic heterocycles. The number of benzene rings is 2. The molecule has 3 amide bonds. The fraction of sp³-hybridized carbons (Fsp3) is 0.211. The number of nitro groups is 1. The molecule has 1 atom stereocenters. The van der Waals surface area contributed by atoms with Crippen molar-refractivity contribution in [2.24, 2.45) is 0 Å². The first kappa shape index (κ1) is 18.2. The second-order valence-corrected chi connectivity index (χ2v) is 6.30. The fourth-order valence-electron chi connectivity index (χ4n) is 2.90. The number of rotatable bonds is 6. The van der Waals surface area contributed by atoms with Gasteiger partial charge in [-0.3, -0.25) is 29.4 Å². The first-order chi connectivity index (χ1) is 12.9. The molecule has 0 saturated heterocycles. The average Bonchev–Trinajstić information content (AvgIpc) is 2.91. The molecule has 1 aliphatic rings. The number of nitrogens with one attached hydrogen (secondary N) is 1. The van der Waals surface area contributed by atoms with Crippen molar-refractivity contribution >= 4 is 23.4 Å². The zero-order valence-electron chi connectivity index (χ0n) is 14.5. The van der Waals surface area contributed by atoms with Crippen molar-refractivity contribution in [2.45, 2.75) is 12.8 Å². The van der Waals surface area contributed by atoms with Gasteiger partial charge in [0.25, 0.3) is 17.5 Å². The van der Waals surface area contributed by atoms with E-state index >= 15 is 0 Å². The van der Waals surface area contributed by atoms with E-state index in [0.29, 0.717) is 6.54 Å². The number of nitrogens with zero attached hydrogens (tertiary/aromatic N) is 2. The maximum atomic E-state index is 12.4. The smallest absolute Gasteiger partial charge is 0.270 e. The molecule has 8 heteroatoms. The maximum Gasteiger partial charge on any atom is 0.270 e. The first-order valence-corrected chi connectivity index (χ1v) is 8.34. The first-order valence-electron chi connectivity index (χ1n) is 8.34. The molecule has 1 N–H and O–H groups in total. The monoisotopic (exact) mass is 367 g/mol. The summed E-state index contributed by atoms with van der Waals surface area (Å²) in [5.74, 6) is -1.73. The summed E-state index contributed by atoms with van der Waals surface area (Å²) in [4.78, 5) is 47.9. The molecule has 0 fully saturated rings. The van der Waals surface area contributed by atoms with Gasteiger partial charge in [-0.05, 0) is 17.5 Å². The van der Waals surface area contributed by atoms with Gasteiger partial charge < -0.3 is 5.32 Å². The van der Waals surface area contributed by atoms with E-state index < -0.39 is 29.2 Å². The van der Waals surface area contributed by atoms with E-state index in [-0.39, 0.29) is 22.7 Å². The molecular formula is C19H17N3O5. The lowest BCUT2D eigenvalue weighted by molar-refractivity contribution is -0.384. The van der Waals surface area contributed by atoms with Crippen molar-refractivity contribution in [3.05, 3.63) is 75.3 Å². The van der Waals surface area contributed by atoms with Gasteiger partial charge in [0.2, 0.25) is 5.91 Å². The molecule has 0 aliphatic carbocycles. The van der Waals surface area contributed by atoms with Crippen LogP contribution in [0, 0.1) is 10.1 Å². The van der Waals surface area contributed by atoms with Crippen LogP contribution in [-0.4, -0.2) is 40.6 Å².